The van der Waals surface area contributed by atoms with Gasteiger partial charge in [0.15, 0.2) is 6.10 Å². The average Bonchev–Trinajstić information content (AvgIpc) is 2.33. The highest BCUT2D eigenvalue weighted by molar-refractivity contribution is 5.79. The molecule has 1 aromatic rings. The van der Waals surface area contributed by atoms with Gasteiger partial charge in [-0.2, -0.15) is 4.98 Å². The molecule has 0 aromatic carbocycles. The van der Waals surface area contributed by atoms with Gasteiger partial charge in [0.25, 0.3) is 0 Å². The fourth-order valence-corrected chi connectivity index (χ4v) is 1.71. The van der Waals surface area contributed by atoms with Crippen LogP contribution in [-0.2, 0) is 16.0 Å². The number of rotatable bonds is 6. The Labute approximate surface area is 114 Å². The van der Waals surface area contributed by atoms with E-state index >= 15 is 0 Å². The third kappa shape index (κ3) is 4.47. The van der Waals surface area contributed by atoms with Crippen molar-refractivity contribution < 1.29 is 19.8 Å². The molecule has 0 bridgehead atoms. The third-order valence-corrected chi connectivity index (χ3v) is 2.82. The number of carboxylic acids is 1. The molecule has 1 unspecified atom stereocenters. The van der Waals surface area contributed by atoms with E-state index in [0.29, 0.717) is 17.0 Å². The number of nitrogens with one attached hydrogen (secondary N) is 2. The van der Waals surface area contributed by atoms with Gasteiger partial charge in [0.1, 0.15) is 0 Å². The number of carboxylic acid groups (broad SMARTS) is 1. The maximum atomic E-state index is 11.7. The molecule has 0 fully saturated rings. The largest absolute Gasteiger partial charge is 0.479 e. The monoisotopic (exact) mass is 283 g/mol. The van der Waals surface area contributed by atoms with Crippen LogP contribution in [0.1, 0.15) is 23.4 Å². The molecule has 0 spiro atoms. The maximum absolute atomic E-state index is 11.7. The van der Waals surface area contributed by atoms with E-state index in [4.69, 9.17) is 10.2 Å². The van der Waals surface area contributed by atoms with Crippen LogP contribution in [0.25, 0.3) is 0 Å². The molecule has 1 amide bonds. The second-order valence-electron chi connectivity index (χ2n) is 4.40. The van der Waals surface area contributed by atoms with Crippen LogP contribution in [0.4, 0.5) is 0 Å². The lowest BCUT2D eigenvalue weighted by atomic mass is 10.1. The molecule has 0 aliphatic carbocycles. The van der Waals surface area contributed by atoms with E-state index in [1.54, 1.807) is 13.8 Å². The van der Waals surface area contributed by atoms with Gasteiger partial charge in [-0.15, -0.1) is 0 Å². The van der Waals surface area contributed by atoms with E-state index in [-0.39, 0.29) is 25.3 Å². The summed E-state index contributed by atoms with van der Waals surface area (Å²) in [5.41, 5.74) is 1.21. The number of aromatic amines is 1. The summed E-state index contributed by atoms with van der Waals surface area (Å²) in [5.74, 6) is -1.65. The van der Waals surface area contributed by atoms with E-state index in [2.05, 4.69) is 15.3 Å². The van der Waals surface area contributed by atoms with Gasteiger partial charge >= 0.3 is 11.7 Å². The first kappa shape index (κ1) is 15.8. The fourth-order valence-electron chi connectivity index (χ4n) is 1.71. The number of hydrogen-bond donors (Lipinski definition) is 4. The SMILES string of the molecule is Cc1nc(=O)[nH]c(C)c1CC(=O)NCCC(O)C(=O)O. The van der Waals surface area contributed by atoms with Crippen molar-refractivity contribution in [1.82, 2.24) is 15.3 Å². The zero-order valence-corrected chi connectivity index (χ0v) is 11.3. The number of aliphatic carboxylic acids is 1. The zero-order chi connectivity index (χ0) is 15.3. The van der Waals surface area contributed by atoms with Crippen LogP contribution in [0.2, 0.25) is 0 Å². The second-order valence-corrected chi connectivity index (χ2v) is 4.40. The van der Waals surface area contributed by atoms with Crippen molar-refractivity contribution in [2.24, 2.45) is 0 Å². The molecule has 0 radical (unpaired) electrons. The maximum Gasteiger partial charge on any atom is 0.345 e. The van der Waals surface area contributed by atoms with E-state index in [0.717, 1.165) is 0 Å². The van der Waals surface area contributed by atoms with Crippen LogP contribution >= 0.6 is 0 Å². The number of aryl methyl sites for hydroxylation is 2. The number of carbonyl (C=O) groups excluding carboxylic acids is 1. The van der Waals surface area contributed by atoms with Crippen molar-refractivity contribution >= 4 is 11.9 Å². The summed E-state index contributed by atoms with van der Waals surface area (Å²) in [7, 11) is 0. The van der Waals surface area contributed by atoms with E-state index in [1.807, 2.05) is 0 Å². The number of carbonyl (C=O) groups is 2. The summed E-state index contributed by atoms with van der Waals surface area (Å²) in [6.07, 6.45) is -1.53. The second kappa shape index (κ2) is 6.80. The Hall–Kier alpha value is -2.22. The van der Waals surface area contributed by atoms with Crippen LogP contribution in [0.3, 0.4) is 0 Å². The minimum absolute atomic E-state index is 0.0324. The van der Waals surface area contributed by atoms with Gasteiger partial charge in [-0.3, -0.25) is 4.79 Å². The predicted octanol–water partition coefficient (Wildman–Crippen LogP) is -1.12. The Morgan fingerprint density at radius 3 is 2.60 bits per heavy atom. The van der Waals surface area contributed by atoms with Crippen LogP contribution in [-0.4, -0.2) is 44.7 Å². The van der Waals surface area contributed by atoms with Gasteiger partial charge in [0, 0.05) is 29.9 Å². The quantitative estimate of drug-likeness (QED) is 0.523. The van der Waals surface area contributed by atoms with Crippen molar-refractivity contribution in [3.8, 4) is 0 Å². The molecule has 0 aliphatic heterocycles. The van der Waals surface area contributed by atoms with Crippen molar-refractivity contribution in [3.05, 3.63) is 27.4 Å². The summed E-state index contributed by atoms with van der Waals surface area (Å²) in [4.78, 5) is 39.4. The minimum Gasteiger partial charge on any atom is -0.479 e. The van der Waals surface area contributed by atoms with E-state index in [9.17, 15) is 14.4 Å². The number of aromatic nitrogens is 2. The Bertz CT molecular complexity index is 540. The number of nitrogens with zero attached hydrogens (tertiary/aromatic N) is 1. The Balaban J connectivity index is 2.55. The molecule has 1 atom stereocenters. The third-order valence-electron chi connectivity index (χ3n) is 2.82. The molecule has 0 saturated carbocycles. The van der Waals surface area contributed by atoms with Crippen molar-refractivity contribution in [1.29, 1.82) is 0 Å². The number of hydrogen-bond acceptors (Lipinski definition) is 5. The van der Waals surface area contributed by atoms with E-state index < -0.39 is 17.8 Å². The average molecular weight is 283 g/mol. The first-order valence-electron chi connectivity index (χ1n) is 6.05. The summed E-state index contributed by atoms with van der Waals surface area (Å²) in [6, 6.07) is 0. The minimum atomic E-state index is -1.49. The van der Waals surface area contributed by atoms with Crippen molar-refractivity contribution in [2.45, 2.75) is 32.8 Å². The molecule has 8 nitrogen and oxygen atoms in total. The summed E-state index contributed by atoms with van der Waals surface area (Å²) < 4.78 is 0. The highest BCUT2D eigenvalue weighted by Crippen LogP contribution is 2.07. The highest BCUT2D eigenvalue weighted by atomic mass is 16.4. The fraction of sp³-hybridized carbons (Fsp3) is 0.500. The lowest BCUT2D eigenvalue weighted by Gasteiger charge is -2.10. The topological polar surface area (TPSA) is 132 Å². The molecular formula is C12H17N3O5. The molecule has 1 aromatic heterocycles. The van der Waals surface area contributed by atoms with Gasteiger partial charge < -0.3 is 20.5 Å². The van der Waals surface area contributed by atoms with E-state index in [1.165, 1.54) is 0 Å². The van der Waals surface area contributed by atoms with Gasteiger partial charge in [-0.1, -0.05) is 0 Å². The first-order chi connectivity index (χ1) is 9.31. The van der Waals surface area contributed by atoms with Gasteiger partial charge in [-0.05, 0) is 13.8 Å². The molecule has 1 rings (SSSR count). The molecular weight excluding hydrogens is 266 g/mol. The molecule has 0 saturated heterocycles. The Morgan fingerprint density at radius 1 is 1.40 bits per heavy atom. The Morgan fingerprint density at radius 2 is 2.05 bits per heavy atom. The Kier molecular flexibility index (Phi) is 5.39. The first-order valence-corrected chi connectivity index (χ1v) is 6.05. The van der Waals surface area contributed by atoms with Crippen LogP contribution in [0.5, 0.6) is 0 Å². The summed E-state index contributed by atoms with van der Waals surface area (Å²) >= 11 is 0. The molecule has 0 aliphatic rings. The standard InChI is InChI=1S/C12H17N3O5/c1-6-8(7(2)15-12(20)14-6)5-10(17)13-4-3-9(16)11(18)19/h9,16H,3-5H2,1-2H3,(H,13,17)(H,18,19)(H,14,15,20). The molecule has 8 heteroatoms. The zero-order valence-electron chi connectivity index (χ0n) is 11.3. The normalized spacial score (nSPS) is 11.9. The van der Waals surface area contributed by atoms with Gasteiger partial charge in [0.05, 0.1) is 6.42 Å². The summed E-state index contributed by atoms with van der Waals surface area (Å²) in [6.45, 7) is 3.37. The molecule has 20 heavy (non-hydrogen) atoms. The lowest BCUT2D eigenvalue weighted by Crippen LogP contribution is -2.31. The lowest BCUT2D eigenvalue weighted by molar-refractivity contribution is -0.147. The summed E-state index contributed by atoms with van der Waals surface area (Å²) in [5, 5.41) is 20.0. The van der Waals surface area contributed by atoms with Crippen LogP contribution in [0, 0.1) is 13.8 Å². The van der Waals surface area contributed by atoms with Crippen LogP contribution in [0.15, 0.2) is 4.79 Å². The van der Waals surface area contributed by atoms with Gasteiger partial charge in [-0.25, -0.2) is 9.59 Å². The predicted molar refractivity (Wildman–Crippen MR) is 69.3 cm³/mol. The number of H-pyrrole nitrogens is 1. The number of aliphatic hydroxyl groups excluding tert-OH is 1. The highest BCUT2D eigenvalue weighted by Gasteiger charge is 2.14. The van der Waals surface area contributed by atoms with Crippen molar-refractivity contribution in [2.75, 3.05) is 6.54 Å². The van der Waals surface area contributed by atoms with Gasteiger partial charge in [0.2, 0.25) is 5.91 Å². The number of amides is 1. The van der Waals surface area contributed by atoms with Crippen molar-refractivity contribution in [3.63, 3.8) is 0 Å². The molecule has 110 valence electrons. The number of aliphatic hydroxyl groups is 1. The molecule has 4 N–H and O–H groups in total. The smallest absolute Gasteiger partial charge is 0.345 e. The molecule has 1 heterocycles. The van der Waals surface area contributed by atoms with Crippen LogP contribution < -0.4 is 11.0 Å².